The van der Waals surface area contributed by atoms with Crippen LogP contribution in [0.2, 0.25) is 10.0 Å². The molecule has 0 aliphatic carbocycles. The molecule has 1 N–H and O–H groups in total. The first-order chi connectivity index (χ1) is 12.1. The van der Waals surface area contributed by atoms with E-state index in [4.69, 9.17) is 27.9 Å². The Balaban J connectivity index is 2.25. The quantitative estimate of drug-likeness (QED) is 0.473. The second-order valence-corrected chi connectivity index (χ2v) is 8.51. The van der Waals surface area contributed by atoms with Gasteiger partial charge in [0.25, 0.3) is 0 Å². The highest BCUT2D eigenvalue weighted by atomic mass is 79.9. The number of H-pyrrole nitrogens is 1. The Morgan fingerprint density at radius 2 is 2.04 bits per heavy atom. The van der Waals surface area contributed by atoms with E-state index in [-0.39, 0.29) is 0 Å². The number of amides is 1. The fourth-order valence-electron chi connectivity index (χ4n) is 2.77. The van der Waals surface area contributed by atoms with Crippen molar-refractivity contribution in [3.63, 3.8) is 0 Å². The molecule has 8 heteroatoms. The minimum atomic E-state index is -0.599. The lowest BCUT2D eigenvalue weighted by molar-refractivity contribution is 0.0582. The van der Waals surface area contributed by atoms with Gasteiger partial charge < -0.3 is 9.72 Å². The van der Waals surface area contributed by atoms with Crippen molar-refractivity contribution in [2.75, 3.05) is 11.4 Å². The summed E-state index contributed by atoms with van der Waals surface area (Å²) in [5.74, 6) is 0. The molecule has 0 saturated heterocycles. The van der Waals surface area contributed by atoms with Crippen molar-refractivity contribution >= 4 is 72.8 Å². The number of nitrogens with zero attached hydrogens (tertiary/aromatic N) is 2. The van der Waals surface area contributed by atoms with Crippen LogP contribution in [0.3, 0.4) is 0 Å². The average molecular weight is 459 g/mol. The lowest BCUT2D eigenvalue weighted by atomic mass is 10.1. The summed E-state index contributed by atoms with van der Waals surface area (Å²) in [5, 5.41) is 2.57. The topological polar surface area (TPSA) is 58.2 Å². The van der Waals surface area contributed by atoms with Crippen molar-refractivity contribution in [3.05, 3.63) is 32.8 Å². The van der Waals surface area contributed by atoms with Crippen LogP contribution in [-0.4, -0.2) is 28.2 Å². The number of aromatic amines is 1. The van der Waals surface area contributed by atoms with Crippen LogP contribution in [0, 0.1) is 0 Å². The number of hydrogen-bond acceptors (Lipinski definition) is 3. The van der Waals surface area contributed by atoms with E-state index < -0.39 is 11.7 Å². The fourth-order valence-corrected chi connectivity index (χ4v) is 3.53. The monoisotopic (exact) mass is 457 g/mol. The number of nitrogens with one attached hydrogen (secondary N) is 1. The number of aromatic nitrogens is 2. The van der Waals surface area contributed by atoms with Crippen LogP contribution in [0.15, 0.2) is 22.8 Å². The number of hydrogen-bond donors (Lipinski definition) is 1. The second kappa shape index (κ2) is 6.91. The zero-order valence-electron chi connectivity index (χ0n) is 14.8. The molecule has 1 amide bonds. The highest BCUT2D eigenvalue weighted by Crippen LogP contribution is 2.40. The summed E-state index contributed by atoms with van der Waals surface area (Å²) in [7, 11) is 0. The van der Waals surface area contributed by atoms with E-state index in [1.54, 1.807) is 12.3 Å². The Bertz CT molecular complexity index is 1010. The number of fused-ring (bicyclic) bond motifs is 3. The maximum absolute atomic E-state index is 12.7. The zero-order chi connectivity index (χ0) is 19.2. The summed E-state index contributed by atoms with van der Waals surface area (Å²) in [5.41, 5.74) is 1.37. The van der Waals surface area contributed by atoms with Crippen LogP contribution >= 0.6 is 39.1 Å². The molecular weight excluding hydrogens is 441 g/mol. The van der Waals surface area contributed by atoms with Gasteiger partial charge in [-0.25, -0.2) is 9.78 Å². The number of carbonyl (C=O) groups is 1. The van der Waals surface area contributed by atoms with Crippen LogP contribution < -0.4 is 4.90 Å². The summed E-state index contributed by atoms with van der Waals surface area (Å²) in [6.45, 7) is 7.79. The molecule has 2 heterocycles. The highest BCUT2D eigenvalue weighted by molar-refractivity contribution is 9.10. The fraction of sp³-hybridized carbons (Fsp3) is 0.333. The van der Waals surface area contributed by atoms with Gasteiger partial charge in [-0.15, -0.1) is 0 Å². The molecule has 26 heavy (non-hydrogen) atoms. The van der Waals surface area contributed by atoms with E-state index in [9.17, 15) is 4.79 Å². The molecule has 0 fully saturated rings. The van der Waals surface area contributed by atoms with E-state index in [2.05, 4.69) is 25.9 Å². The molecule has 0 unspecified atom stereocenters. The van der Waals surface area contributed by atoms with E-state index in [0.717, 1.165) is 16.3 Å². The van der Waals surface area contributed by atoms with Gasteiger partial charge in [-0.2, -0.15) is 0 Å². The van der Waals surface area contributed by atoms with E-state index in [1.165, 1.54) is 4.90 Å². The number of anilines is 1. The Kier molecular flexibility index (Phi) is 5.12. The molecule has 0 aliphatic rings. The Hall–Kier alpha value is -1.50. The Morgan fingerprint density at radius 1 is 1.35 bits per heavy atom. The minimum absolute atomic E-state index is 0.421. The maximum atomic E-state index is 12.7. The standard InChI is InChI=1S/C18H18BrCl2N3O2/c1-5-24(17(25)26-18(2,3)4)12-7-9(20)6-10-13-14(21)11(19)8-22-16(13)23-15(10)12/h6-8H,5H2,1-4H3,(H,22,23). The van der Waals surface area contributed by atoms with Crippen molar-refractivity contribution in [1.29, 1.82) is 0 Å². The zero-order valence-corrected chi connectivity index (χ0v) is 17.9. The van der Waals surface area contributed by atoms with Crippen LogP contribution in [0.5, 0.6) is 0 Å². The number of halogens is 3. The molecule has 138 valence electrons. The first-order valence-corrected chi connectivity index (χ1v) is 9.62. The third-order valence-corrected chi connectivity index (χ3v) is 5.23. The van der Waals surface area contributed by atoms with Crippen molar-refractivity contribution in [2.45, 2.75) is 33.3 Å². The molecular formula is C18H18BrCl2N3O2. The van der Waals surface area contributed by atoms with E-state index in [0.29, 0.717) is 32.4 Å². The van der Waals surface area contributed by atoms with Crippen molar-refractivity contribution < 1.29 is 9.53 Å². The molecule has 0 bridgehead atoms. The molecule has 5 nitrogen and oxygen atoms in total. The number of carbonyl (C=O) groups excluding carboxylic acids is 1. The summed E-state index contributed by atoms with van der Waals surface area (Å²) >= 11 is 16.2. The molecule has 0 saturated carbocycles. The molecule has 0 radical (unpaired) electrons. The summed E-state index contributed by atoms with van der Waals surface area (Å²) < 4.78 is 6.22. The van der Waals surface area contributed by atoms with E-state index in [1.807, 2.05) is 33.8 Å². The van der Waals surface area contributed by atoms with Gasteiger partial charge in [0.2, 0.25) is 0 Å². The smallest absolute Gasteiger partial charge is 0.414 e. The van der Waals surface area contributed by atoms with Crippen molar-refractivity contribution in [2.24, 2.45) is 0 Å². The Morgan fingerprint density at radius 3 is 2.65 bits per heavy atom. The SMILES string of the molecule is CCN(C(=O)OC(C)(C)C)c1cc(Cl)cc2c1[nH]c1ncc(Br)c(Cl)c12. The van der Waals surface area contributed by atoms with Gasteiger partial charge in [-0.3, -0.25) is 4.90 Å². The van der Waals surface area contributed by atoms with Gasteiger partial charge in [0.15, 0.2) is 0 Å². The van der Waals surface area contributed by atoms with Crippen LogP contribution in [-0.2, 0) is 4.74 Å². The van der Waals surface area contributed by atoms with Crippen LogP contribution in [0.1, 0.15) is 27.7 Å². The first kappa shape index (κ1) is 19.3. The number of ether oxygens (including phenoxy) is 1. The van der Waals surface area contributed by atoms with Gasteiger partial charge in [0.1, 0.15) is 11.2 Å². The van der Waals surface area contributed by atoms with Crippen molar-refractivity contribution in [1.82, 2.24) is 9.97 Å². The van der Waals surface area contributed by atoms with Gasteiger partial charge in [0, 0.05) is 28.5 Å². The third kappa shape index (κ3) is 3.50. The molecule has 3 aromatic rings. The van der Waals surface area contributed by atoms with Gasteiger partial charge >= 0.3 is 6.09 Å². The summed E-state index contributed by atoms with van der Waals surface area (Å²) in [4.78, 5) is 21.8. The second-order valence-electron chi connectivity index (χ2n) is 6.84. The third-order valence-electron chi connectivity index (χ3n) is 3.79. The molecule has 0 spiro atoms. The molecule has 1 aromatic carbocycles. The lowest BCUT2D eigenvalue weighted by Crippen LogP contribution is -2.36. The van der Waals surface area contributed by atoms with Crippen LogP contribution in [0.4, 0.5) is 10.5 Å². The summed E-state index contributed by atoms with van der Waals surface area (Å²) in [6.07, 6.45) is 1.19. The van der Waals surface area contributed by atoms with Gasteiger partial charge in [0.05, 0.1) is 20.7 Å². The predicted octanol–water partition coefficient (Wildman–Crippen LogP) is 6.55. The van der Waals surface area contributed by atoms with Gasteiger partial charge in [-0.1, -0.05) is 23.2 Å². The molecule has 2 aromatic heterocycles. The average Bonchev–Trinajstić information content (AvgIpc) is 2.89. The lowest BCUT2D eigenvalue weighted by Gasteiger charge is -2.27. The number of benzene rings is 1. The number of pyridine rings is 1. The van der Waals surface area contributed by atoms with E-state index >= 15 is 0 Å². The maximum Gasteiger partial charge on any atom is 0.414 e. The minimum Gasteiger partial charge on any atom is -0.443 e. The molecule has 0 atom stereocenters. The predicted molar refractivity (Wildman–Crippen MR) is 111 cm³/mol. The molecule has 3 rings (SSSR count). The first-order valence-electron chi connectivity index (χ1n) is 8.08. The largest absolute Gasteiger partial charge is 0.443 e. The van der Waals surface area contributed by atoms with Gasteiger partial charge in [-0.05, 0) is 55.8 Å². The van der Waals surface area contributed by atoms with Crippen LogP contribution in [0.25, 0.3) is 21.9 Å². The summed E-state index contributed by atoms with van der Waals surface area (Å²) in [6, 6.07) is 3.54. The normalized spacial score (nSPS) is 12.0. The Labute approximate surface area is 169 Å². The van der Waals surface area contributed by atoms with Crippen molar-refractivity contribution in [3.8, 4) is 0 Å². The number of rotatable bonds is 2. The highest BCUT2D eigenvalue weighted by Gasteiger charge is 2.25. The molecule has 0 aliphatic heterocycles.